The van der Waals surface area contributed by atoms with E-state index in [2.05, 4.69) is 5.32 Å². The van der Waals surface area contributed by atoms with Crippen LogP contribution in [0.3, 0.4) is 0 Å². The Kier molecular flexibility index (Phi) is 3.42. The lowest BCUT2D eigenvalue weighted by Gasteiger charge is -2.30. The van der Waals surface area contributed by atoms with Gasteiger partial charge in [-0.05, 0) is 18.9 Å². The Morgan fingerprint density at radius 3 is 2.71 bits per heavy atom. The molecule has 1 unspecified atom stereocenters. The van der Waals surface area contributed by atoms with Gasteiger partial charge < -0.3 is 10.2 Å². The third-order valence-corrected chi connectivity index (χ3v) is 2.91. The van der Waals surface area contributed by atoms with Gasteiger partial charge in [0.2, 0.25) is 11.8 Å². The van der Waals surface area contributed by atoms with Crippen LogP contribution in [0.2, 0.25) is 0 Å². The molecule has 0 aliphatic carbocycles. The second kappa shape index (κ2) is 4.99. The summed E-state index contributed by atoms with van der Waals surface area (Å²) >= 11 is 0. The van der Waals surface area contributed by atoms with Gasteiger partial charge in [0.05, 0.1) is 6.54 Å². The van der Waals surface area contributed by atoms with E-state index in [-0.39, 0.29) is 18.4 Å². The van der Waals surface area contributed by atoms with Crippen molar-refractivity contribution >= 4 is 11.8 Å². The minimum absolute atomic E-state index is 0.000492. The number of rotatable bonds is 3. The normalized spacial score (nSPS) is 20.3. The molecule has 0 bridgehead atoms. The molecule has 4 nitrogen and oxygen atoms in total. The number of benzene rings is 1. The highest BCUT2D eigenvalue weighted by molar-refractivity contribution is 5.94. The quantitative estimate of drug-likeness (QED) is 0.828. The van der Waals surface area contributed by atoms with E-state index in [0.29, 0.717) is 6.54 Å². The van der Waals surface area contributed by atoms with Gasteiger partial charge in [-0.2, -0.15) is 0 Å². The first-order valence-corrected chi connectivity index (χ1v) is 5.79. The SMILES string of the molecule is CC1NC(=O)CN(CCc2ccccc2)C1=O. The fraction of sp³-hybridized carbons (Fsp3) is 0.385. The molecule has 0 aromatic heterocycles. The smallest absolute Gasteiger partial charge is 0.245 e. The van der Waals surface area contributed by atoms with E-state index < -0.39 is 6.04 Å². The predicted molar refractivity (Wildman–Crippen MR) is 64.3 cm³/mol. The number of nitrogens with zero attached hydrogens (tertiary/aromatic N) is 1. The van der Waals surface area contributed by atoms with Crippen LogP contribution in [-0.2, 0) is 16.0 Å². The number of carbonyl (C=O) groups is 2. The van der Waals surface area contributed by atoms with E-state index in [1.807, 2.05) is 30.3 Å². The molecule has 1 heterocycles. The van der Waals surface area contributed by atoms with Gasteiger partial charge in [0.25, 0.3) is 0 Å². The standard InChI is InChI=1S/C13H16N2O2/c1-10-13(17)15(9-12(16)14-10)8-7-11-5-3-2-4-6-11/h2-6,10H,7-9H2,1H3,(H,14,16). The van der Waals surface area contributed by atoms with Crippen LogP contribution in [0, 0.1) is 0 Å². The van der Waals surface area contributed by atoms with Crippen molar-refractivity contribution in [2.75, 3.05) is 13.1 Å². The Labute approximate surface area is 101 Å². The maximum atomic E-state index is 11.8. The molecule has 1 aromatic rings. The second-order valence-corrected chi connectivity index (χ2v) is 4.28. The zero-order valence-electron chi connectivity index (χ0n) is 9.85. The molecule has 1 aromatic carbocycles. The van der Waals surface area contributed by atoms with Crippen molar-refractivity contribution in [2.45, 2.75) is 19.4 Å². The number of piperazine rings is 1. The van der Waals surface area contributed by atoms with Crippen LogP contribution >= 0.6 is 0 Å². The van der Waals surface area contributed by atoms with Gasteiger partial charge in [-0.3, -0.25) is 9.59 Å². The minimum Gasteiger partial charge on any atom is -0.343 e. The summed E-state index contributed by atoms with van der Waals surface area (Å²) in [5.41, 5.74) is 1.18. The van der Waals surface area contributed by atoms with Crippen LogP contribution in [0.4, 0.5) is 0 Å². The Hall–Kier alpha value is -1.84. The molecule has 0 saturated carbocycles. The van der Waals surface area contributed by atoms with Crippen LogP contribution in [-0.4, -0.2) is 35.8 Å². The molecule has 1 atom stereocenters. The molecule has 1 N–H and O–H groups in total. The Morgan fingerprint density at radius 2 is 2.00 bits per heavy atom. The summed E-state index contributed by atoms with van der Waals surface area (Å²) in [6.45, 7) is 2.49. The summed E-state index contributed by atoms with van der Waals surface area (Å²) in [4.78, 5) is 24.8. The second-order valence-electron chi connectivity index (χ2n) is 4.28. The Bertz CT molecular complexity index is 417. The van der Waals surface area contributed by atoms with Crippen molar-refractivity contribution in [3.05, 3.63) is 35.9 Å². The molecule has 90 valence electrons. The number of amides is 2. The maximum absolute atomic E-state index is 11.8. The Morgan fingerprint density at radius 1 is 1.29 bits per heavy atom. The van der Waals surface area contributed by atoms with Gasteiger partial charge >= 0.3 is 0 Å². The molecule has 2 rings (SSSR count). The van der Waals surface area contributed by atoms with E-state index in [0.717, 1.165) is 6.42 Å². The summed E-state index contributed by atoms with van der Waals surface area (Å²) in [6, 6.07) is 9.57. The predicted octanol–water partition coefficient (Wildman–Crippen LogP) is 0.576. The lowest BCUT2D eigenvalue weighted by molar-refractivity contribution is -0.143. The van der Waals surface area contributed by atoms with Crippen LogP contribution in [0.25, 0.3) is 0 Å². The monoisotopic (exact) mass is 232 g/mol. The van der Waals surface area contributed by atoms with Gasteiger partial charge in [0.15, 0.2) is 0 Å². The molecule has 4 heteroatoms. The molecular weight excluding hydrogens is 216 g/mol. The first kappa shape index (κ1) is 11.6. The molecule has 1 saturated heterocycles. The van der Waals surface area contributed by atoms with Crippen LogP contribution < -0.4 is 5.32 Å². The first-order valence-electron chi connectivity index (χ1n) is 5.79. The van der Waals surface area contributed by atoms with Gasteiger partial charge in [-0.25, -0.2) is 0 Å². The van der Waals surface area contributed by atoms with Crippen molar-refractivity contribution in [1.82, 2.24) is 10.2 Å². The van der Waals surface area contributed by atoms with E-state index in [1.165, 1.54) is 5.56 Å². The topological polar surface area (TPSA) is 49.4 Å². The third-order valence-electron chi connectivity index (χ3n) is 2.91. The van der Waals surface area contributed by atoms with E-state index >= 15 is 0 Å². The van der Waals surface area contributed by atoms with E-state index in [4.69, 9.17) is 0 Å². The molecule has 0 radical (unpaired) electrons. The molecule has 1 aliphatic heterocycles. The minimum atomic E-state index is -0.396. The van der Waals surface area contributed by atoms with E-state index in [9.17, 15) is 9.59 Å². The van der Waals surface area contributed by atoms with Gasteiger partial charge in [-0.15, -0.1) is 0 Å². The van der Waals surface area contributed by atoms with E-state index in [1.54, 1.807) is 11.8 Å². The van der Waals surface area contributed by atoms with Crippen molar-refractivity contribution in [3.63, 3.8) is 0 Å². The molecule has 17 heavy (non-hydrogen) atoms. The van der Waals surface area contributed by atoms with Crippen LogP contribution in [0.5, 0.6) is 0 Å². The van der Waals surface area contributed by atoms with Crippen LogP contribution in [0.15, 0.2) is 30.3 Å². The highest BCUT2D eigenvalue weighted by Crippen LogP contribution is 2.05. The zero-order chi connectivity index (χ0) is 12.3. The fourth-order valence-electron chi connectivity index (χ4n) is 1.97. The van der Waals surface area contributed by atoms with Crippen molar-refractivity contribution in [1.29, 1.82) is 0 Å². The summed E-state index contributed by atoms with van der Waals surface area (Å²) in [6.07, 6.45) is 0.784. The van der Waals surface area contributed by atoms with Gasteiger partial charge in [0.1, 0.15) is 6.04 Å². The van der Waals surface area contributed by atoms with Gasteiger partial charge in [-0.1, -0.05) is 30.3 Å². The number of hydrogen-bond donors (Lipinski definition) is 1. The molecule has 1 fully saturated rings. The molecular formula is C13H16N2O2. The molecule has 2 amide bonds. The first-order chi connectivity index (χ1) is 8.16. The van der Waals surface area contributed by atoms with Crippen LogP contribution in [0.1, 0.15) is 12.5 Å². The average molecular weight is 232 g/mol. The number of carbonyl (C=O) groups excluding carboxylic acids is 2. The Balaban J connectivity index is 1.94. The zero-order valence-corrected chi connectivity index (χ0v) is 9.85. The van der Waals surface area contributed by atoms with Crippen molar-refractivity contribution < 1.29 is 9.59 Å². The van der Waals surface area contributed by atoms with Gasteiger partial charge in [0, 0.05) is 6.54 Å². The molecule has 1 aliphatic rings. The number of nitrogens with one attached hydrogen (secondary N) is 1. The third kappa shape index (κ3) is 2.84. The number of hydrogen-bond acceptors (Lipinski definition) is 2. The average Bonchev–Trinajstić information content (AvgIpc) is 2.33. The lowest BCUT2D eigenvalue weighted by Crippen LogP contribution is -2.57. The summed E-state index contributed by atoms with van der Waals surface area (Å²) in [5.74, 6) is -0.0781. The maximum Gasteiger partial charge on any atom is 0.245 e. The highest BCUT2D eigenvalue weighted by Gasteiger charge is 2.28. The van der Waals surface area contributed by atoms with Crippen molar-refractivity contribution in [3.8, 4) is 0 Å². The highest BCUT2D eigenvalue weighted by atomic mass is 16.2. The molecule has 0 spiro atoms. The van der Waals surface area contributed by atoms with Crippen molar-refractivity contribution in [2.24, 2.45) is 0 Å². The summed E-state index contributed by atoms with van der Waals surface area (Å²) < 4.78 is 0. The fourth-order valence-corrected chi connectivity index (χ4v) is 1.97. The summed E-state index contributed by atoms with van der Waals surface area (Å²) in [5, 5.41) is 2.63. The lowest BCUT2D eigenvalue weighted by atomic mass is 10.1. The largest absolute Gasteiger partial charge is 0.343 e. The summed E-state index contributed by atoms with van der Waals surface area (Å²) in [7, 11) is 0.